The molecule has 1 atom stereocenters. The van der Waals surface area contributed by atoms with E-state index < -0.39 is 11.9 Å². The van der Waals surface area contributed by atoms with E-state index in [1.807, 2.05) is 26.0 Å². The van der Waals surface area contributed by atoms with Gasteiger partial charge in [-0.2, -0.15) is 0 Å². The minimum atomic E-state index is -0.791. The number of carboxylic acids is 1. The van der Waals surface area contributed by atoms with Gasteiger partial charge in [0.05, 0.1) is 13.0 Å². The molecule has 0 saturated heterocycles. The highest BCUT2D eigenvalue weighted by Crippen LogP contribution is 2.27. The van der Waals surface area contributed by atoms with E-state index in [1.165, 1.54) is 0 Å². The molecule has 17 heavy (non-hydrogen) atoms. The number of hydrogen-bond donors (Lipinski definition) is 2. The summed E-state index contributed by atoms with van der Waals surface area (Å²) in [5.41, 5.74) is 3.11. The Hall–Kier alpha value is -1.71. The van der Waals surface area contributed by atoms with Crippen molar-refractivity contribution < 1.29 is 14.6 Å². The Balaban J connectivity index is 2.79. The zero-order chi connectivity index (χ0) is 13.0. The maximum Gasteiger partial charge on any atom is 0.308 e. The quantitative estimate of drug-likeness (QED) is 0.825. The van der Waals surface area contributed by atoms with Crippen molar-refractivity contribution in [2.75, 3.05) is 19.0 Å². The van der Waals surface area contributed by atoms with Gasteiger partial charge in [-0.25, -0.2) is 0 Å². The molecule has 1 aromatic rings. The van der Waals surface area contributed by atoms with E-state index in [9.17, 15) is 4.79 Å². The van der Waals surface area contributed by atoms with Gasteiger partial charge in [-0.05, 0) is 37.1 Å². The van der Waals surface area contributed by atoms with Crippen molar-refractivity contribution in [2.24, 2.45) is 5.92 Å². The first-order valence-corrected chi connectivity index (χ1v) is 5.58. The van der Waals surface area contributed by atoms with Crippen molar-refractivity contribution in [1.82, 2.24) is 0 Å². The molecule has 0 spiro atoms. The molecule has 0 radical (unpaired) electrons. The fraction of sp³-hybridized carbons (Fsp3) is 0.462. The number of carbonyl (C=O) groups is 1. The summed E-state index contributed by atoms with van der Waals surface area (Å²) in [6.07, 6.45) is 0. The number of benzene rings is 1. The van der Waals surface area contributed by atoms with Gasteiger partial charge in [-0.1, -0.05) is 6.92 Å². The molecule has 0 aliphatic rings. The summed E-state index contributed by atoms with van der Waals surface area (Å²) in [7, 11) is 1.64. The van der Waals surface area contributed by atoms with Crippen LogP contribution in [0.1, 0.15) is 18.1 Å². The molecule has 4 nitrogen and oxygen atoms in total. The van der Waals surface area contributed by atoms with Gasteiger partial charge in [0.25, 0.3) is 0 Å². The van der Waals surface area contributed by atoms with Crippen LogP contribution in [0, 0.1) is 19.8 Å². The predicted octanol–water partition coefficient (Wildman–Crippen LogP) is 2.44. The van der Waals surface area contributed by atoms with E-state index in [-0.39, 0.29) is 0 Å². The Morgan fingerprint density at radius 1 is 1.41 bits per heavy atom. The van der Waals surface area contributed by atoms with Gasteiger partial charge >= 0.3 is 5.97 Å². The largest absolute Gasteiger partial charge is 0.496 e. The van der Waals surface area contributed by atoms with E-state index in [2.05, 4.69) is 5.32 Å². The molecule has 0 heterocycles. The fourth-order valence-electron chi connectivity index (χ4n) is 1.56. The summed E-state index contributed by atoms with van der Waals surface area (Å²) < 4.78 is 5.22. The lowest BCUT2D eigenvalue weighted by Gasteiger charge is -2.15. The Bertz CT molecular complexity index is 415. The zero-order valence-electron chi connectivity index (χ0n) is 10.7. The first-order chi connectivity index (χ1) is 7.97. The smallest absolute Gasteiger partial charge is 0.308 e. The molecule has 4 heteroatoms. The van der Waals surface area contributed by atoms with E-state index in [4.69, 9.17) is 9.84 Å². The van der Waals surface area contributed by atoms with Crippen LogP contribution in [0.25, 0.3) is 0 Å². The van der Waals surface area contributed by atoms with Gasteiger partial charge in [0.2, 0.25) is 0 Å². The van der Waals surface area contributed by atoms with Gasteiger partial charge in [-0.3, -0.25) is 4.79 Å². The number of ether oxygens (including phenoxy) is 1. The minimum Gasteiger partial charge on any atom is -0.496 e. The monoisotopic (exact) mass is 237 g/mol. The van der Waals surface area contributed by atoms with Crippen molar-refractivity contribution >= 4 is 11.7 Å². The highest BCUT2D eigenvalue weighted by Gasteiger charge is 2.12. The maximum atomic E-state index is 10.7. The molecule has 0 amide bonds. The number of aliphatic carboxylic acids is 1. The molecule has 0 aliphatic carbocycles. The minimum absolute atomic E-state index is 0.406. The third kappa shape index (κ3) is 3.12. The molecule has 2 N–H and O–H groups in total. The van der Waals surface area contributed by atoms with Crippen molar-refractivity contribution in [1.29, 1.82) is 0 Å². The topological polar surface area (TPSA) is 58.6 Å². The number of carboxylic acid groups (broad SMARTS) is 1. The predicted molar refractivity (Wildman–Crippen MR) is 67.8 cm³/mol. The van der Waals surface area contributed by atoms with Crippen molar-refractivity contribution in [3.05, 3.63) is 23.3 Å². The van der Waals surface area contributed by atoms with E-state index >= 15 is 0 Å². The first-order valence-electron chi connectivity index (χ1n) is 5.58. The lowest BCUT2D eigenvalue weighted by atomic mass is 10.1. The molecule has 0 bridgehead atoms. The zero-order valence-corrected chi connectivity index (χ0v) is 10.7. The number of methoxy groups -OCH3 is 1. The third-order valence-corrected chi connectivity index (χ3v) is 2.98. The van der Waals surface area contributed by atoms with Gasteiger partial charge in [0.15, 0.2) is 0 Å². The summed E-state index contributed by atoms with van der Waals surface area (Å²) in [6.45, 7) is 6.08. The normalized spacial score (nSPS) is 12.0. The standard InChI is InChI=1S/C13H19NO3/c1-8(13(15)16)7-14-11-5-6-12(17-4)10(3)9(11)2/h5-6,8,14H,7H2,1-4H3,(H,15,16). The van der Waals surface area contributed by atoms with Crippen LogP contribution in [0.15, 0.2) is 12.1 Å². The Kier molecular flexibility index (Phi) is 4.37. The number of rotatable bonds is 5. The molecular weight excluding hydrogens is 218 g/mol. The van der Waals surface area contributed by atoms with Crippen LogP contribution >= 0.6 is 0 Å². The van der Waals surface area contributed by atoms with Crippen LogP contribution < -0.4 is 10.1 Å². The Morgan fingerprint density at radius 2 is 2.06 bits per heavy atom. The molecule has 1 aromatic carbocycles. The lowest BCUT2D eigenvalue weighted by Crippen LogP contribution is -2.20. The Labute approximate surface area is 102 Å². The summed E-state index contributed by atoms with van der Waals surface area (Å²) >= 11 is 0. The molecule has 0 fully saturated rings. The second-order valence-electron chi connectivity index (χ2n) is 4.19. The average molecular weight is 237 g/mol. The van der Waals surface area contributed by atoms with Gasteiger partial charge in [0.1, 0.15) is 5.75 Å². The summed E-state index contributed by atoms with van der Waals surface area (Å²) in [5, 5.41) is 12.0. The molecule has 0 saturated carbocycles. The number of anilines is 1. The average Bonchev–Trinajstić information content (AvgIpc) is 2.30. The summed E-state index contributed by atoms with van der Waals surface area (Å²) in [6, 6.07) is 3.80. The van der Waals surface area contributed by atoms with Crippen molar-refractivity contribution in [2.45, 2.75) is 20.8 Å². The summed E-state index contributed by atoms with van der Waals surface area (Å²) in [4.78, 5) is 10.7. The van der Waals surface area contributed by atoms with Crippen LogP contribution in [-0.2, 0) is 4.79 Å². The van der Waals surface area contributed by atoms with E-state index in [0.717, 1.165) is 22.6 Å². The van der Waals surface area contributed by atoms with Crippen molar-refractivity contribution in [3.63, 3.8) is 0 Å². The third-order valence-electron chi connectivity index (χ3n) is 2.98. The SMILES string of the molecule is COc1ccc(NCC(C)C(=O)O)c(C)c1C. The van der Waals surface area contributed by atoms with E-state index in [1.54, 1.807) is 14.0 Å². The first kappa shape index (κ1) is 13.4. The van der Waals surface area contributed by atoms with Crippen LogP contribution in [0.4, 0.5) is 5.69 Å². The van der Waals surface area contributed by atoms with Gasteiger partial charge in [0, 0.05) is 12.2 Å². The molecule has 94 valence electrons. The van der Waals surface area contributed by atoms with Crippen LogP contribution in [0.2, 0.25) is 0 Å². The highest BCUT2D eigenvalue weighted by atomic mass is 16.5. The van der Waals surface area contributed by atoms with E-state index in [0.29, 0.717) is 6.54 Å². The molecular formula is C13H19NO3. The Morgan fingerprint density at radius 3 is 2.59 bits per heavy atom. The second-order valence-corrected chi connectivity index (χ2v) is 4.19. The van der Waals surface area contributed by atoms with Crippen LogP contribution in [0.3, 0.4) is 0 Å². The maximum absolute atomic E-state index is 10.7. The van der Waals surface area contributed by atoms with Crippen molar-refractivity contribution in [3.8, 4) is 5.75 Å². The van der Waals surface area contributed by atoms with Crippen LogP contribution in [0.5, 0.6) is 5.75 Å². The highest BCUT2D eigenvalue weighted by molar-refractivity contribution is 5.70. The molecule has 1 unspecified atom stereocenters. The molecule has 0 aliphatic heterocycles. The van der Waals surface area contributed by atoms with Gasteiger partial charge < -0.3 is 15.2 Å². The molecule has 1 rings (SSSR count). The summed E-state index contributed by atoms with van der Waals surface area (Å²) in [5.74, 6) is -0.350. The number of hydrogen-bond acceptors (Lipinski definition) is 3. The second kappa shape index (κ2) is 5.57. The number of nitrogens with one attached hydrogen (secondary N) is 1. The van der Waals surface area contributed by atoms with Gasteiger partial charge in [-0.15, -0.1) is 0 Å². The molecule has 0 aromatic heterocycles. The fourth-order valence-corrected chi connectivity index (χ4v) is 1.56. The van der Waals surface area contributed by atoms with Crippen LogP contribution in [-0.4, -0.2) is 24.7 Å². The lowest BCUT2D eigenvalue weighted by molar-refractivity contribution is -0.140.